The van der Waals surface area contributed by atoms with Gasteiger partial charge in [-0.15, -0.1) is 0 Å². The Morgan fingerprint density at radius 2 is 1.50 bits per heavy atom. The molecule has 2 nitrogen and oxygen atoms in total. The van der Waals surface area contributed by atoms with Crippen molar-refractivity contribution in [3.8, 4) is 5.75 Å². The van der Waals surface area contributed by atoms with Gasteiger partial charge in [0.1, 0.15) is 24.1 Å². The first-order valence-corrected chi connectivity index (χ1v) is 5.76. The maximum Gasteiger partial charge on any atom is 0.167 e. The number of rotatable bonds is 4. The van der Waals surface area contributed by atoms with Gasteiger partial charge in [0.25, 0.3) is 0 Å². The zero-order chi connectivity index (χ0) is 14.7. The van der Waals surface area contributed by atoms with Crippen molar-refractivity contribution in [2.24, 2.45) is 5.73 Å². The fourth-order valence-corrected chi connectivity index (χ4v) is 1.66. The van der Waals surface area contributed by atoms with Crippen molar-refractivity contribution in [3.05, 3.63) is 65.2 Å². The predicted octanol–water partition coefficient (Wildman–Crippen LogP) is 3.32. The van der Waals surface area contributed by atoms with E-state index >= 15 is 0 Å². The average Bonchev–Trinajstić information content (AvgIpc) is 2.37. The molecule has 2 N–H and O–H groups in total. The Morgan fingerprint density at radius 3 is 2.10 bits per heavy atom. The molecule has 0 heterocycles. The smallest absolute Gasteiger partial charge is 0.167 e. The van der Waals surface area contributed by atoms with E-state index in [1.165, 1.54) is 6.07 Å². The van der Waals surface area contributed by atoms with Crippen LogP contribution < -0.4 is 10.5 Å². The molecule has 2 aromatic carbocycles. The summed E-state index contributed by atoms with van der Waals surface area (Å²) in [6.07, 6.45) is 0. The van der Waals surface area contributed by atoms with Crippen LogP contribution in [0.2, 0.25) is 0 Å². The molecule has 0 saturated carbocycles. The maximum absolute atomic E-state index is 13.5. The predicted molar refractivity (Wildman–Crippen MR) is 65.1 cm³/mol. The third-order valence-electron chi connectivity index (χ3n) is 2.67. The van der Waals surface area contributed by atoms with Crippen molar-refractivity contribution in [2.75, 3.05) is 6.61 Å². The van der Waals surface area contributed by atoms with Gasteiger partial charge in [0.2, 0.25) is 0 Å². The largest absolute Gasteiger partial charge is 0.489 e. The molecule has 0 amide bonds. The van der Waals surface area contributed by atoms with Gasteiger partial charge in [0.15, 0.2) is 11.6 Å². The van der Waals surface area contributed by atoms with Crippen molar-refractivity contribution in [3.63, 3.8) is 0 Å². The monoisotopic (exact) mass is 285 g/mol. The van der Waals surface area contributed by atoms with E-state index in [1.54, 1.807) is 0 Å². The van der Waals surface area contributed by atoms with E-state index < -0.39 is 29.3 Å². The van der Waals surface area contributed by atoms with E-state index in [2.05, 4.69) is 0 Å². The van der Waals surface area contributed by atoms with Gasteiger partial charge in [-0.05, 0) is 18.2 Å². The van der Waals surface area contributed by atoms with Gasteiger partial charge in [-0.25, -0.2) is 17.6 Å². The molecule has 20 heavy (non-hydrogen) atoms. The Kier molecular flexibility index (Phi) is 4.24. The highest BCUT2D eigenvalue weighted by Crippen LogP contribution is 2.21. The second-order valence-corrected chi connectivity index (χ2v) is 4.16. The first-order valence-electron chi connectivity index (χ1n) is 5.76. The lowest BCUT2D eigenvalue weighted by molar-refractivity contribution is 0.274. The Balaban J connectivity index is 2.06. The van der Waals surface area contributed by atoms with Gasteiger partial charge < -0.3 is 10.5 Å². The van der Waals surface area contributed by atoms with Crippen LogP contribution in [0.5, 0.6) is 5.75 Å². The zero-order valence-corrected chi connectivity index (χ0v) is 10.2. The lowest BCUT2D eigenvalue weighted by Crippen LogP contribution is -2.20. The summed E-state index contributed by atoms with van der Waals surface area (Å²) >= 11 is 0. The molecule has 2 rings (SSSR count). The molecule has 0 aliphatic heterocycles. The van der Waals surface area contributed by atoms with E-state index in [0.29, 0.717) is 12.1 Å². The number of benzene rings is 2. The second-order valence-electron chi connectivity index (χ2n) is 4.16. The summed E-state index contributed by atoms with van der Waals surface area (Å²) in [6, 6.07) is 4.87. The van der Waals surface area contributed by atoms with Gasteiger partial charge in [-0.2, -0.15) is 0 Å². The van der Waals surface area contributed by atoms with E-state index in [1.807, 2.05) is 0 Å². The van der Waals surface area contributed by atoms with Gasteiger partial charge in [0, 0.05) is 17.7 Å². The lowest BCUT2D eigenvalue weighted by Gasteiger charge is -2.14. The number of halogens is 4. The highest BCUT2D eigenvalue weighted by Gasteiger charge is 2.14. The minimum Gasteiger partial charge on any atom is -0.489 e. The number of hydrogen-bond donors (Lipinski definition) is 1. The van der Waals surface area contributed by atoms with E-state index in [4.69, 9.17) is 10.5 Å². The van der Waals surface area contributed by atoms with Gasteiger partial charge in [0.05, 0.1) is 6.04 Å². The van der Waals surface area contributed by atoms with Gasteiger partial charge >= 0.3 is 0 Å². The Bertz CT molecular complexity index is 618. The maximum atomic E-state index is 13.5. The first-order chi connectivity index (χ1) is 9.47. The topological polar surface area (TPSA) is 35.2 Å². The molecular formula is C14H11F4NO. The molecule has 1 unspecified atom stereocenters. The van der Waals surface area contributed by atoms with Crippen molar-refractivity contribution in [2.45, 2.75) is 6.04 Å². The zero-order valence-electron chi connectivity index (χ0n) is 10.2. The third kappa shape index (κ3) is 3.27. The highest BCUT2D eigenvalue weighted by molar-refractivity contribution is 5.26. The first kappa shape index (κ1) is 14.3. The Morgan fingerprint density at radius 1 is 0.900 bits per heavy atom. The molecular weight excluding hydrogens is 274 g/mol. The molecule has 6 heteroatoms. The molecule has 0 aromatic heterocycles. The molecule has 0 spiro atoms. The van der Waals surface area contributed by atoms with Crippen molar-refractivity contribution in [1.29, 1.82) is 0 Å². The van der Waals surface area contributed by atoms with Gasteiger partial charge in [-0.1, -0.05) is 6.07 Å². The van der Waals surface area contributed by atoms with Crippen LogP contribution in [0.1, 0.15) is 11.6 Å². The molecule has 1 atom stereocenters. The van der Waals surface area contributed by atoms with E-state index in [0.717, 1.165) is 18.2 Å². The molecule has 2 aromatic rings. The van der Waals surface area contributed by atoms with Crippen molar-refractivity contribution >= 4 is 0 Å². The number of ether oxygens (including phenoxy) is 1. The number of nitrogens with two attached hydrogens (primary N) is 1. The van der Waals surface area contributed by atoms with Crippen molar-refractivity contribution < 1.29 is 22.3 Å². The van der Waals surface area contributed by atoms with Crippen LogP contribution in [-0.2, 0) is 0 Å². The van der Waals surface area contributed by atoms with Crippen LogP contribution in [0.15, 0.2) is 36.4 Å². The van der Waals surface area contributed by atoms with E-state index in [-0.39, 0.29) is 17.9 Å². The van der Waals surface area contributed by atoms with E-state index in [9.17, 15) is 17.6 Å². The van der Waals surface area contributed by atoms with Crippen LogP contribution in [0.25, 0.3) is 0 Å². The molecule has 0 aliphatic rings. The van der Waals surface area contributed by atoms with Crippen LogP contribution in [0, 0.1) is 23.3 Å². The van der Waals surface area contributed by atoms with Crippen LogP contribution in [0.3, 0.4) is 0 Å². The third-order valence-corrected chi connectivity index (χ3v) is 2.67. The van der Waals surface area contributed by atoms with Crippen molar-refractivity contribution in [1.82, 2.24) is 0 Å². The summed E-state index contributed by atoms with van der Waals surface area (Å²) in [4.78, 5) is 0. The average molecular weight is 285 g/mol. The summed E-state index contributed by atoms with van der Waals surface area (Å²) in [5, 5.41) is 0. The Labute approximate surface area is 112 Å². The van der Waals surface area contributed by atoms with Crippen LogP contribution in [0.4, 0.5) is 17.6 Å². The molecule has 0 saturated heterocycles. The summed E-state index contributed by atoms with van der Waals surface area (Å²) < 4.78 is 57.3. The standard InChI is InChI=1S/C14H11F4NO/c15-8-1-3-10(11(17)5-8)13(19)7-20-14-4-2-9(16)6-12(14)18/h1-6,13H,7,19H2. The molecule has 0 aliphatic carbocycles. The fourth-order valence-electron chi connectivity index (χ4n) is 1.66. The molecule has 0 radical (unpaired) electrons. The summed E-state index contributed by atoms with van der Waals surface area (Å²) in [7, 11) is 0. The number of hydrogen-bond acceptors (Lipinski definition) is 2. The molecule has 0 bridgehead atoms. The second kappa shape index (κ2) is 5.92. The fraction of sp³-hybridized carbons (Fsp3) is 0.143. The minimum atomic E-state index is -0.903. The van der Waals surface area contributed by atoms with Gasteiger partial charge in [-0.3, -0.25) is 0 Å². The quantitative estimate of drug-likeness (QED) is 0.875. The molecule has 0 fully saturated rings. The SMILES string of the molecule is NC(COc1ccc(F)cc1F)c1ccc(F)cc1F. The molecule has 106 valence electrons. The summed E-state index contributed by atoms with van der Waals surface area (Å²) in [5.41, 5.74) is 5.74. The lowest BCUT2D eigenvalue weighted by atomic mass is 10.1. The van der Waals surface area contributed by atoms with Crippen LogP contribution in [-0.4, -0.2) is 6.61 Å². The summed E-state index contributed by atoms with van der Waals surface area (Å²) in [5.74, 6) is -3.32. The normalized spacial score (nSPS) is 12.2. The highest BCUT2D eigenvalue weighted by atomic mass is 19.1. The minimum absolute atomic E-state index is 0.0499. The Hall–Kier alpha value is -2.08. The van der Waals surface area contributed by atoms with Crippen LogP contribution >= 0.6 is 0 Å². The summed E-state index contributed by atoms with van der Waals surface area (Å²) in [6.45, 7) is -0.231.